The first-order valence-electron chi connectivity index (χ1n) is 4.08. The lowest BCUT2D eigenvalue weighted by molar-refractivity contribution is -0.134. The molecule has 0 fully saturated rings. The van der Waals surface area contributed by atoms with Crippen LogP contribution in [0.25, 0.3) is 0 Å². The summed E-state index contributed by atoms with van der Waals surface area (Å²) in [4.78, 5) is 21.0. The van der Waals surface area contributed by atoms with Gasteiger partial charge < -0.3 is 4.74 Å². The number of esters is 1. The van der Waals surface area contributed by atoms with E-state index in [4.69, 9.17) is 0 Å². The molecule has 0 N–H and O–H groups in total. The van der Waals surface area contributed by atoms with Crippen molar-refractivity contribution in [2.45, 2.75) is 19.8 Å². The minimum atomic E-state index is -0.351. The van der Waals surface area contributed by atoms with Crippen LogP contribution in [0.1, 0.15) is 19.8 Å². The number of carbonyl (C=O) groups excluding carboxylic acids is 2. The van der Waals surface area contributed by atoms with E-state index < -0.39 is 0 Å². The van der Waals surface area contributed by atoms with E-state index in [0.717, 1.165) is 12.8 Å². The maximum atomic E-state index is 10.6. The Balaban J connectivity index is 3.51. The molecule has 3 heteroatoms. The Labute approximate surface area is 78.1 Å². The molecule has 3 nitrogen and oxygen atoms in total. The lowest BCUT2D eigenvalue weighted by Crippen LogP contribution is -1.93. The summed E-state index contributed by atoms with van der Waals surface area (Å²) in [6.45, 7) is 1.50. The van der Waals surface area contributed by atoms with Gasteiger partial charge >= 0.3 is 5.97 Å². The van der Waals surface area contributed by atoms with Crippen molar-refractivity contribution in [3.05, 3.63) is 24.3 Å². The molecule has 0 atom stereocenters. The van der Waals surface area contributed by atoms with Gasteiger partial charge in [0.2, 0.25) is 0 Å². The molecule has 72 valence electrons. The first-order valence-corrected chi connectivity index (χ1v) is 4.08. The molecule has 0 saturated carbocycles. The second-order valence-electron chi connectivity index (χ2n) is 2.52. The molecule has 0 aliphatic rings. The van der Waals surface area contributed by atoms with E-state index in [-0.39, 0.29) is 11.8 Å². The summed E-state index contributed by atoms with van der Waals surface area (Å²) in [5, 5.41) is 0. The Morgan fingerprint density at radius 2 is 1.69 bits per heavy atom. The van der Waals surface area contributed by atoms with E-state index in [1.54, 1.807) is 12.2 Å². The highest BCUT2D eigenvalue weighted by molar-refractivity contribution is 5.87. The lowest BCUT2D eigenvalue weighted by atomic mass is 10.2. The summed E-state index contributed by atoms with van der Waals surface area (Å²) in [5.41, 5.74) is 0. The van der Waals surface area contributed by atoms with Gasteiger partial charge in [-0.2, -0.15) is 0 Å². The number of methoxy groups -OCH3 is 1. The number of hydrogen-bond acceptors (Lipinski definition) is 3. The minimum absolute atomic E-state index is 0.0388. The van der Waals surface area contributed by atoms with Gasteiger partial charge in [-0.3, -0.25) is 4.79 Å². The van der Waals surface area contributed by atoms with Gasteiger partial charge in [0.25, 0.3) is 0 Å². The number of carbonyl (C=O) groups is 2. The molecule has 0 spiro atoms. The zero-order valence-electron chi connectivity index (χ0n) is 7.95. The van der Waals surface area contributed by atoms with E-state index in [2.05, 4.69) is 4.74 Å². The molecule has 0 radical (unpaired) electrons. The predicted molar refractivity (Wildman–Crippen MR) is 50.2 cm³/mol. The Morgan fingerprint density at radius 3 is 2.15 bits per heavy atom. The molecular weight excluding hydrogens is 168 g/mol. The largest absolute Gasteiger partial charge is 0.466 e. The van der Waals surface area contributed by atoms with Crippen LogP contribution in [0.3, 0.4) is 0 Å². The van der Waals surface area contributed by atoms with Crippen molar-refractivity contribution in [2.75, 3.05) is 7.11 Å². The molecule has 13 heavy (non-hydrogen) atoms. The normalized spacial score (nSPS) is 10.9. The second-order valence-corrected chi connectivity index (χ2v) is 2.52. The van der Waals surface area contributed by atoms with Crippen molar-refractivity contribution in [3.8, 4) is 0 Å². The molecule has 0 saturated heterocycles. The summed E-state index contributed by atoms with van der Waals surface area (Å²) >= 11 is 0. The predicted octanol–water partition coefficient (Wildman–Crippen LogP) is 1.64. The molecule has 0 rings (SSSR count). The van der Waals surface area contributed by atoms with Crippen LogP contribution in [0.4, 0.5) is 0 Å². The van der Waals surface area contributed by atoms with E-state index in [0.29, 0.717) is 0 Å². The third-order valence-corrected chi connectivity index (χ3v) is 1.31. The third kappa shape index (κ3) is 8.53. The first kappa shape index (κ1) is 11.6. The Morgan fingerprint density at radius 1 is 1.15 bits per heavy atom. The Hall–Kier alpha value is -1.38. The van der Waals surface area contributed by atoms with Crippen molar-refractivity contribution in [1.82, 2.24) is 0 Å². The fourth-order valence-corrected chi connectivity index (χ4v) is 0.689. The molecule has 0 aromatic carbocycles. The van der Waals surface area contributed by atoms with Crippen LogP contribution < -0.4 is 0 Å². The van der Waals surface area contributed by atoms with Crippen molar-refractivity contribution >= 4 is 11.8 Å². The summed E-state index contributed by atoms with van der Waals surface area (Å²) in [5.74, 6) is -0.313. The van der Waals surface area contributed by atoms with Crippen LogP contribution in [-0.2, 0) is 14.3 Å². The third-order valence-electron chi connectivity index (χ3n) is 1.31. The number of ether oxygens (including phenoxy) is 1. The smallest absolute Gasteiger partial charge is 0.330 e. The molecule has 0 aromatic heterocycles. The Kier molecular flexibility index (Phi) is 6.51. The van der Waals surface area contributed by atoms with Crippen molar-refractivity contribution < 1.29 is 14.3 Å². The van der Waals surface area contributed by atoms with Crippen LogP contribution in [-0.4, -0.2) is 18.9 Å². The molecule has 0 aliphatic carbocycles. The van der Waals surface area contributed by atoms with Crippen molar-refractivity contribution in [2.24, 2.45) is 0 Å². The van der Waals surface area contributed by atoms with Gasteiger partial charge in [0.05, 0.1) is 7.11 Å². The van der Waals surface area contributed by atoms with E-state index in [9.17, 15) is 9.59 Å². The molecule has 0 heterocycles. The molecule has 0 aromatic rings. The Bertz CT molecular complexity index is 226. The summed E-state index contributed by atoms with van der Waals surface area (Å²) < 4.78 is 4.40. The molecule has 0 aliphatic heterocycles. The highest BCUT2D eigenvalue weighted by Gasteiger charge is 1.88. The summed E-state index contributed by atoms with van der Waals surface area (Å²) in [6, 6.07) is 0. The average molecular weight is 182 g/mol. The molecular formula is C10H14O3. The SMILES string of the molecule is COC(=O)/C=C/CC/C=C/C(C)=O. The maximum Gasteiger partial charge on any atom is 0.330 e. The van der Waals surface area contributed by atoms with E-state index >= 15 is 0 Å². The highest BCUT2D eigenvalue weighted by atomic mass is 16.5. The van der Waals surface area contributed by atoms with E-state index in [1.807, 2.05) is 0 Å². The minimum Gasteiger partial charge on any atom is -0.466 e. The number of allylic oxidation sites excluding steroid dienone is 3. The second kappa shape index (κ2) is 7.28. The number of unbranched alkanes of at least 4 members (excludes halogenated alkanes) is 1. The molecule has 0 unspecified atom stereocenters. The van der Waals surface area contributed by atoms with Crippen molar-refractivity contribution in [1.29, 1.82) is 0 Å². The van der Waals surface area contributed by atoms with Gasteiger partial charge in [0.1, 0.15) is 0 Å². The highest BCUT2D eigenvalue weighted by Crippen LogP contribution is 1.93. The zero-order valence-corrected chi connectivity index (χ0v) is 7.95. The summed E-state index contributed by atoms with van der Waals surface area (Å²) in [6.07, 6.45) is 7.89. The zero-order chi connectivity index (χ0) is 10.1. The fraction of sp³-hybridized carbons (Fsp3) is 0.400. The van der Waals surface area contributed by atoms with Gasteiger partial charge in [-0.05, 0) is 25.8 Å². The van der Waals surface area contributed by atoms with Crippen LogP contribution in [0, 0.1) is 0 Å². The van der Waals surface area contributed by atoms with Gasteiger partial charge in [0.15, 0.2) is 5.78 Å². The van der Waals surface area contributed by atoms with Gasteiger partial charge in [-0.1, -0.05) is 12.2 Å². The number of ketones is 1. The van der Waals surface area contributed by atoms with E-state index in [1.165, 1.54) is 26.2 Å². The van der Waals surface area contributed by atoms with Crippen LogP contribution in [0.5, 0.6) is 0 Å². The monoisotopic (exact) mass is 182 g/mol. The summed E-state index contributed by atoms with van der Waals surface area (Å²) in [7, 11) is 1.34. The average Bonchev–Trinajstić information content (AvgIpc) is 2.10. The van der Waals surface area contributed by atoms with Gasteiger partial charge in [0, 0.05) is 6.08 Å². The number of hydrogen-bond donors (Lipinski definition) is 0. The van der Waals surface area contributed by atoms with Crippen molar-refractivity contribution in [3.63, 3.8) is 0 Å². The topological polar surface area (TPSA) is 43.4 Å². The number of rotatable bonds is 5. The fourth-order valence-electron chi connectivity index (χ4n) is 0.689. The van der Waals surface area contributed by atoms with Crippen LogP contribution in [0.15, 0.2) is 24.3 Å². The quantitative estimate of drug-likeness (QED) is 0.369. The van der Waals surface area contributed by atoms with Gasteiger partial charge in [-0.25, -0.2) is 4.79 Å². The lowest BCUT2D eigenvalue weighted by Gasteiger charge is -1.88. The first-order chi connectivity index (χ1) is 6.16. The molecule has 0 amide bonds. The maximum absolute atomic E-state index is 10.6. The molecule has 0 bridgehead atoms. The van der Waals surface area contributed by atoms with Crippen LogP contribution >= 0.6 is 0 Å². The van der Waals surface area contributed by atoms with Crippen LogP contribution in [0.2, 0.25) is 0 Å². The van der Waals surface area contributed by atoms with Gasteiger partial charge in [-0.15, -0.1) is 0 Å². The standard InChI is InChI=1S/C10H14O3/c1-9(11)7-5-3-4-6-8-10(12)13-2/h5-8H,3-4H2,1-2H3/b7-5+,8-6+.